The number of benzene rings is 2. The Bertz CT molecular complexity index is 738. The van der Waals surface area contributed by atoms with Gasteiger partial charge < -0.3 is 24.8 Å². The third-order valence-electron chi connectivity index (χ3n) is 3.82. The average molecular weight is 485 g/mol. The van der Waals surface area contributed by atoms with Gasteiger partial charge in [-0.1, -0.05) is 18.2 Å². The molecule has 0 atom stereocenters. The summed E-state index contributed by atoms with van der Waals surface area (Å²) in [5.74, 6) is 3.13. The van der Waals surface area contributed by atoms with Crippen LogP contribution in [0.1, 0.15) is 11.1 Å². The summed E-state index contributed by atoms with van der Waals surface area (Å²) >= 11 is 0. The predicted molar refractivity (Wildman–Crippen MR) is 120 cm³/mol. The van der Waals surface area contributed by atoms with Crippen LogP contribution in [0.2, 0.25) is 0 Å². The standard InChI is InChI=1S/C20H27N3O3.HI/c1-15-8-9-16(19(12-15)25-4)14-23-20(21-2)22-10-11-26-18-7-5-6-17(13-18)24-3;/h5-9,12-13H,10-11,14H2,1-4H3,(H2,21,22,23);1H. The number of hydrogen-bond donors (Lipinski definition) is 2. The maximum Gasteiger partial charge on any atom is 0.191 e. The highest BCUT2D eigenvalue weighted by molar-refractivity contribution is 14.0. The minimum Gasteiger partial charge on any atom is -0.497 e. The van der Waals surface area contributed by atoms with E-state index in [1.807, 2.05) is 37.3 Å². The van der Waals surface area contributed by atoms with Crippen LogP contribution in [-0.2, 0) is 6.54 Å². The van der Waals surface area contributed by atoms with Crippen LogP contribution in [0.3, 0.4) is 0 Å². The Labute approximate surface area is 178 Å². The highest BCUT2D eigenvalue weighted by atomic mass is 127. The topological polar surface area (TPSA) is 64.1 Å². The van der Waals surface area contributed by atoms with Gasteiger partial charge >= 0.3 is 0 Å². The molecule has 0 heterocycles. The van der Waals surface area contributed by atoms with Crippen molar-refractivity contribution < 1.29 is 14.2 Å². The lowest BCUT2D eigenvalue weighted by Crippen LogP contribution is -2.38. The lowest BCUT2D eigenvalue weighted by Gasteiger charge is -2.14. The van der Waals surface area contributed by atoms with Gasteiger partial charge in [0.25, 0.3) is 0 Å². The van der Waals surface area contributed by atoms with Gasteiger partial charge in [0, 0.05) is 25.2 Å². The third kappa shape index (κ3) is 7.54. The summed E-state index contributed by atoms with van der Waals surface area (Å²) in [6.07, 6.45) is 0. The normalized spacial score (nSPS) is 10.6. The number of nitrogens with one attached hydrogen (secondary N) is 2. The van der Waals surface area contributed by atoms with Crippen LogP contribution < -0.4 is 24.8 Å². The van der Waals surface area contributed by atoms with Crippen LogP contribution in [0.5, 0.6) is 17.2 Å². The molecule has 2 rings (SSSR count). The number of nitrogens with zero attached hydrogens (tertiary/aromatic N) is 1. The molecule has 2 aromatic rings. The average Bonchev–Trinajstić information content (AvgIpc) is 2.68. The fourth-order valence-corrected chi connectivity index (χ4v) is 2.43. The van der Waals surface area contributed by atoms with E-state index in [-0.39, 0.29) is 24.0 Å². The predicted octanol–water partition coefficient (Wildman–Crippen LogP) is 3.37. The van der Waals surface area contributed by atoms with E-state index < -0.39 is 0 Å². The molecule has 27 heavy (non-hydrogen) atoms. The first kappa shape index (κ1) is 22.9. The number of aliphatic imine (C=N–C) groups is 1. The van der Waals surface area contributed by atoms with Crippen molar-refractivity contribution in [1.29, 1.82) is 0 Å². The fraction of sp³-hybridized carbons (Fsp3) is 0.350. The van der Waals surface area contributed by atoms with Crippen LogP contribution in [0, 0.1) is 6.92 Å². The summed E-state index contributed by atoms with van der Waals surface area (Å²) in [4.78, 5) is 4.23. The minimum atomic E-state index is 0. The van der Waals surface area contributed by atoms with E-state index in [1.54, 1.807) is 21.3 Å². The summed E-state index contributed by atoms with van der Waals surface area (Å²) in [7, 11) is 5.06. The third-order valence-corrected chi connectivity index (χ3v) is 3.82. The molecular formula is C20H28IN3O3. The Morgan fingerprint density at radius 2 is 1.78 bits per heavy atom. The first-order valence-electron chi connectivity index (χ1n) is 8.51. The number of hydrogen-bond acceptors (Lipinski definition) is 4. The zero-order valence-electron chi connectivity index (χ0n) is 16.2. The van der Waals surface area contributed by atoms with Gasteiger partial charge in [-0.15, -0.1) is 24.0 Å². The van der Waals surface area contributed by atoms with E-state index in [0.717, 1.165) is 22.8 Å². The Balaban J connectivity index is 0.00000364. The molecular weight excluding hydrogens is 457 g/mol. The quantitative estimate of drug-likeness (QED) is 0.260. The van der Waals surface area contributed by atoms with Gasteiger partial charge in [-0.2, -0.15) is 0 Å². The molecule has 7 heteroatoms. The molecule has 0 amide bonds. The van der Waals surface area contributed by atoms with Crippen molar-refractivity contribution in [2.45, 2.75) is 13.5 Å². The maximum absolute atomic E-state index is 5.71. The van der Waals surface area contributed by atoms with E-state index in [4.69, 9.17) is 14.2 Å². The Morgan fingerprint density at radius 1 is 1.00 bits per heavy atom. The maximum atomic E-state index is 5.71. The molecule has 148 valence electrons. The van der Waals surface area contributed by atoms with Crippen LogP contribution >= 0.6 is 24.0 Å². The molecule has 0 radical (unpaired) electrons. The van der Waals surface area contributed by atoms with Gasteiger partial charge in [-0.25, -0.2) is 0 Å². The van der Waals surface area contributed by atoms with Gasteiger partial charge in [-0.3, -0.25) is 4.99 Å². The fourth-order valence-electron chi connectivity index (χ4n) is 2.43. The summed E-state index contributed by atoms with van der Waals surface area (Å²) < 4.78 is 16.3. The molecule has 0 unspecified atom stereocenters. The monoisotopic (exact) mass is 485 g/mol. The van der Waals surface area contributed by atoms with Gasteiger partial charge in [0.05, 0.1) is 20.8 Å². The summed E-state index contributed by atoms with van der Waals surface area (Å²) in [5, 5.41) is 6.51. The van der Waals surface area contributed by atoms with E-state index in [0.29, 0.717) is 25.7 Å². The molecule has 0 fully saturated rings. The first-order valence-corrected chi connectivity index (χ1v) is 8.51. The lowest BCUT2D eigenvalue weighted by atomic mass is 10.1. The first-order chi connectivity index (χ1) is 12.7. The molecule has 0 spiro atoms. The number of halogens is 1. The Kier molecular flexibility index (Phi) is 10.4. The highest BCUT2D eigenvalue weighted by Crippen LogP contribution is 2.20. The SMILES string of the molecule is CN=C(NCCOc1cccc(OC)c1)NCc1ccc(C)cc1OC.I. The van der Waals surface area contributed by atoms with Crippen molar-refractivity contribution in [3.05, 3.63) is 53.6 Å². The van der Waals surface area contributed by atoms with Crippen molar-refractivity contribution in [1.82, 2.24) is 10.6 Å². The number of rotatable bonds is 8. The zero-order valence-corrected chi connectivity index (χ0v) is 18.6. The van der Waals surface area contributed by atoms with E-state index >= 15 is 0 Å². The zero-order chi connectivity index (χ0) is 18.8. The summed E-state index contributed by atoms with van der Waals surface area (Å²) in [5.41, 5.74) is 2.25. The lowest BCUT2D eigenvalue weighted by molar-refractivity contribution is 0.319. The number of methoxy groups -OCH3 is 2. The van der Waals surface area contributed by atoms with E-state index in [2.05, 4.69) is 27.8 Å². The smallest absolute Gasteiger partial charge is 0.191 e. The molecule has 6 nitrogen and oxygen atoms in total. The molecule has 0 bridgehead atoms. The van der Waals surface area contributed by atoms with Gasteiger partial charge in [0.1, 0.15) is 23.9 Å². The molecule has 2 N–H and O–H groups in total. The van der Waals surface area contributed by atoms with Crippen LogP contribution in [-0.4, -0.2) is 40.4 Å². The molecule has 2 aromatic carbocycles. The number of guanidine groups is 1. The van der Waals surface area contributed by atoms with Crippen molar-refractivity contribution in [3.8, 4) is 17.2 Å². The summed E-state index contributed by atoms with van der Waals surface area (Å²) in [6.45, 7) is 3.81. The second-order valence-corrected chi connectivity index (χ2v) is 5.70. The van der Waals surface area contributed by atoms with Crippen LogP contribution in [0.15, 0.2) is 47.5 Å². The minimum absolute atomic E-state index is 0. The Morgan fingerprint density at radius 3 is 2.48 bits per heavy atom. The van der Waals surface area contributed by atoms with Gasteiger partial charge in [0.2, 0.25) is 0 Å². The molecule has 0 saturated heterocycles. The Hall–Kier alpha value is -2.16. The van der Waals surface area contributed by atoms with Crippen molar-refractivity contribution >= 4 is 29.9 Å². The second-order valence-electron chi connectivity index (χ2n) is 5.70. The van der Waals surface area contributed by atoms with Crippen molar-refractivity contribution in [2.24, 2.45) is 4.99 Å². The van der Waals surface area contributed by atoms with E-state index in [1.165, 1.54) is 5.56 Å². The van der Waals surface area contributed by atoms with Crippen molar-refractivity contribution in [3.63, 3.8) is 0 Å². The largest absolute Gasteiger partial charge is 0.497 e. The number of aryl methyl sites for hydroxylation is 1. The highest BCUT2D eigenvalue weighted by Gasteiger charge is 2.05. The molecule has 0 aliphatic rings. The van der Waals surface area contributed by atoms with Crippen molar-refractivity contribution in [2.75, 3.05) is 34.4 Å². The molecule has 0 aliphatic heterocycles. The summed E-state index contributed by atoms with van der Waals surface area (Å²) in [6, 6.07) is 13.7. The van der Waals surface area contributed by atoms with Gasteiger partial charge in [0.15, 0.2) is 5.96 Å². The molecule has 0 aromatic heterocycles. The second kappa shape index (κ2) is 12.3. The molecule has 0 saturated carbocycles. The number of ether oxygens (including phenoxy) is 3. The van der Waals surface area contributed by atoms with Crippen LogP contribution in [0.25, 0.3) is 0 Å². The van der Waals surface area contributed by atoms with Crippen LogP contribution in [0.4, 0.5) is 0 Å². The van der Waals surface area contributed by atoms with Gasteiger partial charge in [-0.05, 0) is 30.7 Å². The molecule has 0 aliphatic carbocycles. The van der Waals surface area contributed by atoms with E-state index in [9.17, 15) is 0 Å².